The summed E-state index contributed by atoms with van der Waals surface area (Å²) < 4.78 is 0. The third-order valence-electron chi connectivity index (χ3n) is 2.93. The van der Waals surface area contributed by atoms with Crippen molar-refractivity contribution in [3.05, 3.63) is 57.8 Å². The molecule has 2 nitrogen and oxygen atoms in total. The lowest BCUT2D eigenvalue weighted by Crippen LogP contribution is -2.19. The molecule has 1 unspecified atom stereocenters. The monoisotopic (exact) mass is 256 g/mol. The highest BCUT2D eigenvalue weighted by atomic mass is 32.1. The van der Waals surface area contributed by atoms with Gasteiger partial charge in [0.05, 0.1) is 11.6 Å². The van der Waals surface area contributed by atoms with Gasteiger partial charge < -0.3 is 5.32 Å². The Bertz CT molecular complexity index is 508. The lowest BCUT2D eigenvalue weighted by Gasteiger charge is -2.15. The molecule has 92 valence electrons. The van der Waals surface area contributed by atoms with Crippen LogP contribution in [0, 0.1) is 11.3 Å². The second kappa shape index (κ2) is 6.34. The van der Waals surface area contributed by atoms with E-state index in [4.69, 9.17) is 5.26 Å². The highest BCUT2D eigenvalue weighted by Gasteiger charge is 2.09. The molecule has 0 aliphatic carbocycles. The Hall–Kier alpha value is -1.63. The smallest absolute Gasteiger partial charge is 0.0991 e. The average Bonchev–Trinajstić information content (AvgIpc) is 2.94. The molecule has 1 aromatic heterocycles. The molecule has 1 atom stereocenters. The summed E-state index contributed by atoms with van der Waals surface area (Å²) in [6.45, 7) is 3.03. The van der Waals surface area contributed by atoms with Crippen molar-refractivity contribution in [1.29, 1.82) is 5.26 Å². The van der Waals surface area contributed by atoms with Crippen molar-refractivity contribution >= 4 is 11.3 Å². The van der Waals surface area contributed by atoms with E-state index in [1.807, 2.05) is 24.3 Å². The van der Waals surface area contributed by atoms with Gasteiger partial charge in [0.2, 0.25) is 0 Å². The second-order valence-electron chi connectivity index (χ2n) is 4.17. The quantitative estimate of drug-likeness (QED) is 0.881. The van der Waals surface area contributed by atoms with E-state index in [0.717, 1.165) is 13.0 Å². The Balaban J connectivity index is 1.95. The summed E-state index contributed by atoms with van der Waals surface area (Å²) in [5.74, 6) is 0. The fourth-order valence-corrected chi connectivity index (χ4v) is 2.76. The molecule has 0 aliphatic rings. The Labute approximate surface area is 112 Å². The molecule has 3 heteroatoms. The number of rotatable bonds is 5. The van der Waals surface area contributed by atoms with Crippen LogP contribution in [0.4, 0.5) is 0 Å². The van der Waals surface area contributed by atoms with Crippen molar-refractivity contribution in [2.75, 3.05) is 0 Å². The number of hydrogen-bond donors (Lipinski definition) is 1. The van der Waals surface area contributed by atoms with E-state index in [9.17, 15) is 0 Å². The second-order valence-corrected chi connectivity index (χ2v) is 5.15. The van der Waals surface area contributed by atoms with Crippen molar-refractivity contribution in [3.8, 4) is 6.07 Å². The summed E-state index contributed by atoms with van der Waals surface area (Å²) in [5, 5.41) is 14.4. The van der Waals surface area contributed by atoms with Crippen LogP contribution in [-0.4, -0.2) is 0 Å². The molecule has 1 aromatic carbocycles. The van der Waals surface area contributed by atoms with E-state index in [2.05, 4.69) is 35.8 Å². The summed E-state index contributed by atoms with van der Waals surface area (Å²) >= 11 is 1.79. The third-order valence-corrected chi connectivity index (χ3v) is 3.92. The zero-order valence-electron chi connectivity index (χ0n) is 10.4. The summed E-state index contributed by atoms with van der Waals surface area (Å²) in [5.41, 5.74) is 1.92. The molecular weight excluding hydrogens is 240 g/mol. The van der Waals surface area contributed by atoms with Crippen molar-refractivity contribution in [2.45, 2.75) is 25.9 Å². The van der Waals surface area contributed by atoms with Gasteiger partial charge in [0.25, 0.3) is 0 Å². The summed E-state index contributed by atoms with van der Waals surface area (Å²) in [7, 11) is 0. The van der Waals surface area contributed by atoms with E-state index in [1.165, 1.54) is 10.4 Å². The minimum atomic E-state index is 0.417. The van der Waals surface area contributed by atoms with Gasteiger partial charge in [0.15, 0.2) is 0 Å². The van der Waals surface area contributed by atoms with E-state index in [-0.39, 0.29) is 0 Å². The summed E-state index contributed by atoms with van der Waals surface area (Å²) in [6, 6.07) is 14.6. The van der Waals surface area contributed by atoms with Crippen LogP contribution >= 0.6 is 11.3 Å². The Morgan fingerprint density at radius 3 is 2.61 bits per heavy atom. The minimum Gasteiger partial charge on any atom is -0.305 e. The molecule has 1 N–H and O–H groups in total. The van der Waals surface area contributed by atoms with Crippen LogP contribution in [0.3, 0.4) is 0 Å². The zero-order valence-corrected chi connectivity index (χ0v) is 11.2. The number of hydrogen-bond acceptors (Lipinski definition) is 3. The van der Waals surface area contributed by atoms with Gasteiger partial charge in [-0.2, -0.15) is 5.26 Å². The molecule has 0 fully saturated rings. The van der Waals surface area contributed by atoms with Gasteiger partial charge in [-0.3, -0.25) is 0 Å². The maximum Gasteiger partial charge on any atom is 0.0991 e. The van der Waals surface area contributed by atoms with Crippen LogP contribution in [0.15, 0.2) is 41.8 Å². The van der Waals surface area contributed by atoms with Crippen LogP contribution in [0.5, 0.6) is 0 Å². The maximum absolute atomic E-state index is 8.75. The number of nitrogens with zero attached hydrogens (tertiary/aromatic N) is 1. The normalized spacial score (nSPS) is 12.0. The van der Waals surface area contributed by atoms with E-state index in [0.29, 0.717) is 11.6 Å². The van der Waals surface area contributed by atoms with Gasteiger partial charge in [-0.15, -0.1) is 11.3 Å². The van der Waals surface area contributed by atoms with Crippen LogP contribution in [0.2, 0.25) is 0 Å². The summed E-state index contributed by atoms with van der Waals surface area (Å²) in [6.07, 6.45) is 1.08. The molecule has 0 amide bonds. The van der Waals surface area contributed by atoms with Crippen molar-refractivity contribution in [3.63, 3.8) is 0 Å². The predicted octanol–water partition coefficient (Wildman–Crippen LogP) is 3.86. The Morgan fingerprint density at radius 1 is 1.28 bits per heavy atom. The van der Waals surface area contributed by atoms with E-state index in [1.54, 1.807) is 11.3 Å². The van der Waals surface area contributed by atoms with Gasteiger partial charge in [-0.05, 0) is 35.6 Å². The first kappa shape index (κ1) is 12.8. The molecule has 18 heavy (non-hydrogen) atoms. The number of nitriles is 1. The maximum atomic E-state index is 8.75. The Morgan fingerprint density at radius 2 is 2.06 bits per heavy atom. The van der Waals surface area contributed by atoms with Crippen molar-refractivity contribution in [1.82, 2.24) is 5.32 Å². The van der Waals surface area contributed by atoms with E-state index >= 15 is 0 Å². The largest absolute Gasteiger partial charge is 0.305 e. The molecule has 0 bridgehead atoms. The van der Waals surface area contributed by atoms with Crippen molar-refractivity contribution < 1.29 is 0 Å². The molecule has 0 radical (unpaired) electrons. The van der Waals surface area contributed by atoms with Crippen LogP contribution in [0.25, 0.3) is 0 Å². The highest BCUT2D eigenvalue weighted by molar-refractivity contribution is 7.10. The van der Waals surface area contributed by atoms with Gasteiger partial charge in [0.1, 0.15) is 0 Å². The average molecular weight is 256 g/mol. The van der Waals surface area contributed by atoms with Crippen LogP contribution in [-0.2, 0) is 6.54 Å². The first-order valence-corrected chi connectivity index (χ1v) is 6.97. The lowest BCUT2D eigenvalue weighted by atomic mass is 10.1. The number of benzene rings is 1. The number of thiophene rings is 1. The molecule has 0 saturated heterocycles. The van der Waals surface area contributed by atoms with E-state index < -0.39 is 0 Å². The third kappa shape index (κ3) is 3.19. The molecule has 0 saturated carbocycles. The topological polar surface area (TPSA) is 35.8 Å². The van der Waals surface area contributed by atoms with Gasteiger partial charge in [-0.1, -0.05) is 25.1 Å². The number of nitrogens with one attached hydrogen (secondary N) is 1. The van der Waals surface area contributed by atoms with Crippen molar-refractivity contribution in [2.24, 2.45) is 0 Å². The standard InChI is InChI=1S/C15H16N2S/c1-2-14(15-4-3-9-18-15)17-11-13-7-5-12(10-16)6-8-13/h3-9,14,17H,2,11H2,1H3. The van der Waals surface area contributed by atoms with Gasteiger partial charge in [-0.25, -0.2) is 0 Å². The van der Waals surface area contributed by atoms with Crippen LogP contribution in [0.1, 0.15) is 35.4 Å². The molecule has 0 aliphatic heterocycles. The first-order chi connectivity index (χ1) is 8.83. The molecule has 2 aromatic rings. The minimum absolute atomic E-state index is 0.417. The fraction of sp³-hybridized carbons (Fsp3) is 0.267. The molecule has 1 heterocycles. The van der Waals surface area contributed by atoms with Gasteiger partial charge in [0, 0.05) is 17.5 Å². The highest BCUT2D eigenvalue weighted by Crippen LogP contribution is 2.22. The zero-order chi connectivity index (χ0) is 12.8. The lowest BCUT2D eigenvalue weighted by molar-refractivity contribution is 0.526. The fourth-order valence-electron chi connectivity index (χ4n) is 1.87. The van der Waals surface area contributed by atoms with Crippen LogP contribution < -0.4 is 5.32 Å². The molecule has 2 rings (SSSR count). The molecular formula is C15H16N2S. The molecule has 0 spiro atoms. The SMILES string of the molecule is CCC(NCc1ccc(C#N)cc1)c1cccs1. The first-order valence-electron chi connectivity index (χ1n) is 6.09. The summed E-state index contributed by atoms with van der Waals surface area (Å²) in [4.78, 5) is 1.38. The predicted molar refractivity (Wildman–Crippen MR) is 75.3 cm³/mol. The van der Waals surface area contributed by atoms with Gasteiger partial charge >= 0.3 is 0 Å². The Kier molecular flexibility index (Phi) is 4.52.